The Kier molecular flexibility index (Phi) is 2.39. The van der Waals surface area contributed by atoms with Crippen molar-refractivity contribution < 1.29 is 9.47 Å². The number of rotatable bonds is 2. The number of benzene rings is 2. The molecular weight excluding hydrogens is 266 g/mol. The highest BCUT2D eigenvalue weighted by Gasteiger charge is 2.47. The van der Waals surface area contributed by atoms with Gasteiger partial charge in [0, 0.05) is 0 Å². The molecule has 2 heterocycles. The number of hydrazone groups is 1. The summed E-state index contributed by atoms with van der Waals surface area (Å²) in [7, 11) is 1.66. The Balaban J connectivity index is 1.79. The molecule has 0 spiro atoms. The van der Waals surface area contributed by atoms with E-state index in [0.29, 0.717) is 6.02 Å². The van der Waals surface area contributed by atoms with Gasteiger partial charge in [-0.2, -0.15) is 0 Å². The van der Waals surface area contributed by atoms with Crippen LogP contribution in [-0.4, -0.2) is 13.1 Å². The standard InChI is InChI=1S/C16H15N3O2/c1-16(11-7-9-12(20-2)10-8-11)18-17-15-19(16)13-5-3-4-6-14(13)21-15/h3-10,18H,1-2H3/t16-/m1/s1. The molecule has 0 fully saturated rings. The van der Waals surface area contributed by atoms with Gasteiger partial charge in [-0.1, -0.05) is 24.3 Å². The van der Waals surface area contributed by atoms with E-state index >= 15 is 0 Å². The Hall–Kier alpha value is -2.69. The van der Waals surface area contributed by atoms with Crippen molar-refractivity contribution in [1.82, 2.24) is 5.43 Å². The zero-order chi connectivity index (χ0) is 14.4. The minimum absolute atomic E-state index is 0.478. The number of nitrogens with zero attached hydrogens (tertiary/aromatic N) is 2. The lowest BCUT2D eigenvalue weighted by Crippen LogP contribution is -2.48. The maximum atomic E-state index is 5.78. The van der Waals surface area contributed by atoms with E-state index in [1.807, 2.05) is 48.5 Å². The van der Waals surface area contributed by atoms with E-state index in [-0.39, 0.29) is 0 Å². The summed E-state index contributed by atoms with van der Waals surface area (Å²) < 4.78 is 11.0. The Morgan fingerprint density at radius 1 is 1.14 bits per heavy atom. The minimum Gasteiger partial charge on any atom is -0.497 e. The maximum absolute atomic E-state index is 5.78. The number of methoxy groups -OCH3 is 1. The van der Waals surface area contributed by atoms with Crippen molar-refractivity contribution in [2.24, 2.45) is 5.10 Å². The van der Waals surface area contributed by atoms with Gasteiger partial charge in [0.1, 0.15) is 5.75 Å². The monoisotopic (exact) mass is 281 g/mol. The van der Waals surface area contributed by atoms with E-state index in [1.165, 1.54) is 0 Å². The van der Waals surface area contributed by atoms with Crippen LogP contribution in [0, 0.1) is 0 Å². The van der Waals surface area contributed by atoms with E-state index in [9.17, 15) is 0 Å². The highest BCUT2D eigenvalue weighted by Crippen LogP contribution is 2.44. The van der Waals surface area contributed by atoms with Gasteiger partial charge in [0.2, 0.25) is 0 Å². The number of amidine groups is 1. The smallest absolute Gasteiger partial charge is 0.321 e. The molecule has 0 aliphatic carbocycles. The van der Waals surface area contributed by atoms with Crippen molar-refractivity contribution in [3.8, 4) is 11.5 Å². The quantitative estimate of drug-likeness (QED) is 0.919. The number of anilines is 1. The normalized spacial score (nSPS) is 22.0. The molecule has 0 unspecified atom stereocenters. The number of hydrogen-bond donors (Lipinski definition) is 1. The van der Waals surface area contributed by atoms with Crippen molar-refractivity contribution >= 4 is 11.7 Å². The van der Waals surface area contributed by atoms with E-state index in [1.54, 1.807) is 7.11 Å². The van der Waals surface area contributed by atoms with Crippen LogP contribution in [0.15, 0.2) is 53.6 Å². The van der Waals surface area contributed by atoms with E-state index < -0.39 is 5.66 Å². The molecule has 5 heteroatoms. The fourth-order valence-electron chi connectivity index (χ4n) is 2.80. The molecule has 2 aliphatic heterocycles. The zero-order valence-corrected chi connectivity index (χ0v) is 11.8. The van der Waals surface area contributed by atoms with Gasteiger partial charge in [-0.05, 0) is 36.8 Å². The third-order valence-electron chi connectivity index (χ3n) is 3.97. The molecule has 0 saturated heterocycles. The first-order chi connectivity index (χ1) is 10.2. The number of nitrogens with one attached hydrogen (secondary N) is 1. The maximum Gasteiger partial charge on any atom is 0.321 e. The number of hydrogen-bond acceptors (Lipinski definition) is 5. The second kappa shape index (κ2) is 4.15. The predicted octanol–water partition coefficient (Wildman–Crippen LogP) is 2.64. The van der Waals surface area contributed by atoms with Gasteiger partial charge in [0.15, 0.2) is 11.4 Å². The summed E-state index contributed by atoms with van der Waals surface area (Å²) in [6, 6.07) is 16.5. The molecule has 0 aromatic heterocycles. The summed E-state index contributed by atoms with van der Waals surface area (Å²) in [5, 5.41) is 4.32. The summed E-state index contributed by atoms with van der Waals surface area (Å²) in [5.41, 5.74) is 4.80. The Bertz CT molecular complexity index is 727. The first-order valence-corrected chi connectivity index (χ1v) is 6.79. The topological polar surface area (TPSA) is 46.1 Å². The van der Waals surface area contributed by atoms with Crippen molar-refractivity contribution in [2.75, 3.05) is 12.0 Å². The largest absolute Gasteiger partial charge is 0.497 e. The molecule has 0 amide bonds. The van der Waals surface area contributed by atoms with Crippen LogP contribution in [0.4, 0.5) is 5.69 Å². The number of para-hydroxylation sites is 2. The van der Waals surface area contributed by atoms with Gasteiger partial charge in [-0.3, -0.25) is 10.3 Å². The Labute approximate surface area is 122 Å². The second-order valence-corrected chi connectivity index (χ2v) is 5.21. The van der Waals surface area contributed by atoms with Crippen molar-refractivity contribution in [2.45, 2.75) is 12.6 Å². The van der Waals surface area contributed by atoms with Crippen molar-refractivity contribution in [3.05, 3.63) is 54.1 Å². The fraction of sp³-hybridized carbons (Fsp3) is 0.188. The molecular formula is C16H15N3O2. The van der Waals surface area contributed by atoms with Gasteiger partial charge in [0.25, 0.3) is 0 Å². The van der Waals surface area contributed by atoms with Crippen LogP contribution in [0.2, 0.25) is 0 Å². The third-order valence-corrected chi connectivity index (χ3v) is 3.97. The van der Waals surface area contributed by atoms with Crippen molar-refractivity contribution in [1.29, 1.82) is 0 Å². The second-order valence-electron chi connectivity index (χ2n) is 5.21. The zero-order valence-electron chi connectivity index (χ0n) is 11.8. The van der Waals surface area contributed by atoms with Crippen LogP contribution < -0.4 is 19.8 Å². The molecule has 0 radical (unpaired) electrons. The lowest BCUT2D eigenvalue weighted by Gasteiger charge is -2.33. The van der Waals surface area contributed by atoms with E-state index in [0.717, 1.165) is 22.7 Å². The van der Waals surface area contributed by atoms with Crippen LogP contribution in [0.3, 0.4) is 0 Å². The predicted molar refractivity (Wildman–Crippen MR) is 80.5 cm³/mol. The van der Waals surface area contributed by atoms with Crippen molar-refractivity contribution in [3.63, 3.8) is 0 Å². The number of fused-ring (bicyclic) bond motifs is 3. The van der Waals surface area contributed by atoms with Crippen LogP contribution in [0.25, 0.3) is 0 Å². The summed E-state index contributed by atoms with van der Waals surface area (Å²) in [4.78, 5) is 2.07. The first kappa shape index (κ1) is 12.1. The van der Waals surface area contributed by atoms with Gasteiger partial charge < -0.3 is 9.47 Å². The third kappa shape index (κ3) is 1.60. The SMILES string of the molecule is COc1ccc([C@]2(C)NN=C3Oc4ccccc4N32)cc1. The minimum atomic E-state index is -0.478. The van der Waals surface area contributed by atoms with Gasteiger partial charge >= 0.3 is 6.02 Å². The molecule has 2 aliphatic rings. The molecule has 21 heavy (non-hydrogen) atoms. The van der Waals surface area contributed by atoms with Crippen LogP contribution in [0.1, 0.15) is 12.5 Å². The molecule has 1 atom stereocenters. The first-order valence-electron chi connectivity index (χ1n) is 6.79. The molecule has 1 N–H and O–H groups in total. The molecule has 0 bridgehead atoms. The molecule has 2 aromatic carbocycles. The molecule has 2 aromatic rings. The summed E-state index contributed by atoms with van der Waals surface area (Å²) >= 11 is 0. The van der Waals surface area contributed by atoms with E-state index in [4.69, 9.17) is 9.47 Å². The van der Waals surface area contributed by atoms with Crippen LogP contribution in [0.5, 0.6) is 11.5 Å². The highest BCUT2D eigenvalue weighted by molar-refractivity contribution is 6.02. The molecule has 5 nitrogen and oxygen atoms in total. The van der Waals surface area contributed by atoms with Gasteiger partial charge in [0.05, 0.1) is 12.8 Å². The molecule has 4 rings (SSSR count). The molecule has 106 valence electrons. The van der Waals surface area contributed by atoms with Gasteiger partial charge in [-0.25, -0.2) is 0 Å². The average Bonchev–Trinajstić information content (AvgIpc) is 3.06. The van der Waals surface area contributed by atoms with Gasteiger partial charge in [-0.15, -0.1) is 5.10 Å². The fourth-order valence-corrected chi connectivity index (χ4v) is 2.80. The lowest BCUT2D eigenvalue weighted by molar-refractivity contribution is 0.408. The van der Waals surface area contributed by atoms with E-state index in [2.05, 4.69) is 22.4 Å². The van der Waals surface area contributed by atoms with Crippen LogP contribution in [-0.2, 0) is 5.66 Å². The number of ether oxygens (including phenoxy) is 2. The Morgan fingerprint density at radius 2 is 1.90 bits per heavy atom. The van der Waals surface area contributed by atoms with Crippen LogP contribution >= 0.6 is 0 Å². The molecule has 0 saturated carbocycles. The summed E-state index contributed by atoms with van der Waals surface area (Å²) in [5.74, 6) is 1.66. The summed E-state index contributed by atoms with van der Waals surface area (Å²) in [6.07, 6.45) is 0. The lowest BCUT2D eigenvalue weighted by atomic mass is 10.00. The summed E-state index contributed by atoms with van der Waals surface area (Å²) in [6.45, 7) is 2.08. The highest BCUT2D eigenvalue weighted by atomic mass is 16.5. The average molecular weight is 281 g/mol. The Morgan fingerprint density at radius 3 is 2.67 bits per heavy atom.